The Balaban J connectivity index is 2.10. The third-order valence-electron chi connectivity index (χ3n) is 3.39. The van der Waals surface area contributed by atoms with Crippen molar-refractivity contribution in [2.45, 2.75) is 32.6 Å². The van der Waals surface area contributed by atoms with Crippen LogP contribution in [0.4, 0.5) is 16.2 Å². The van der Waals surface area contributed by atoms with Crippen molar-refractivity contribution in [2.24, 2.45) is 0 Å². The van der Waals surface area contributed by atoms with Crippen molar-refractivity contribution in [1.29, 1.82) is 0 Å². The molecule has 0 radical (unpaired) electrons. The van der Waals surface area contributed by atoms with E-state index in [0.29, 0.717) is 11.4 Å². The monoisotopic (exact) mass is 325 g/mol. The molecule has 0 aliphatic carbocycles. The highest BCUT2D eigenvalue weighted by molar-refractivity contribution is 9.10. The molecule has 2 amide bonds. The Bertz CT molecular complexity index is 445. The molecular weight excluding hydrogens is 306 g/mol. The summed E-state index contributed by atoms with van der Waals surface area (Å²) in [5.41, 5.74) is 8.29. The SMILES string of the molecule is Cc1cc(N)c(NC(=O)N2CCCCCC2)c(Br)c1. The molecule has 1 heterocycles. The Kier molecular flexibility index (Phi) is 4.69. The molecule has 3 N–H and O–H groups in total. The van der Waals surface area contributed by atoms with Gasteiger partial charge in [-0.15, -0.1) is 0 Å². The molecule has 2 rings (SSSR count). The fourth-order valence-electron chi connectivity index (χ4n) is 2.36. The lowest BCUT2D eigenvalue weighted by molar-refractivity contribution is 0.214. The maximum atomic E-state index is 12.2. The summed E-state index contributed by atoms with van der Waals surface area (Å²) >= 11 is 3.45. The Hall–Kier alpha value is -1.23. The highest BCUT2D eigenvalue weighted by atomic mass is 79.9. The zero-order chi connectivity index (χ0) is 13.8. The lowest BCUT2D eigenvalue weighted by atomic mass is 10.2. The molecule has 1 fully saturated rings. The topological polar surface area (TPSA) is 58.4 Å². The predicted molar refractivity (Wildman–Crippen MR) is 82.4 cm³/mol. The van der Waals surface area contributed by atoms with Gasteiger partial charge >= 0.3 is 6.03 Å². The van der Waals surface area contributed by atoms with Crippen molar-refractivity contribution in [1.82, 2.24) is 4.90 Å². The summed E-state index contributed by atoms with van der Waals surface area (Å²) in [6, 6.07) is 3.76. The fourth-order valence-corrected chi connectivity index (χ4v) is 3.05. The third-order valence-corrected chi connectivity index (χ3v) is 4.02. The van der Waals surface area contributed by atoms with Gasteiger partial charge in [0.05, 0.1) is 11.4 Å². The molecule has 0 bridgehead atoms. The molecule has 5 heteroatoms. The van der Waals surface area contributed by atoms with Crippen LogP contribution < -0.4 is 11.1 Å². The lowest BCUT2D eigenvalue weighted by Crippen LogP contribution is -2.35. The summed E-state index contributed by atoms with van der Waals surface area (Å²) in [7, 11) is 0. The van der Waals surface area contributed by atoms with E-state index in [1.165, 1.54) is 12.8 Å². The number of hydrogen-bond donors (Lipinski definition) is 2. The van der Waals surface area contributed by atoms with Crippen LogP contribution in [0.1, 0.15) is 31.2 Å². The van der Waals surface area contributed by atoms with Crippen LogP contribution in [0.3, 0.4) is 0 Å². The van der Waals surface area contributed by atoms with Gasteiger partial charge in [0, 0.05) is 17.6 Å². The van der Waals surface area contributed by atoms with Gasteiger partial charge in [0.1, 0.15) is 0 Å². The first kappa shape index (κ1) is 14.2. The molecule has 0 unspecified atom stereocenters. The summed E-state index contributed by atoms with van der Waals surface area (Å²) in [5.74, 6) is 0. The minimum absolute atomic E-state index is 0.0573. The normalized spacial score (nSPS) is 16.0. The van der Waals surface area contributed by atoms with Crippen molar-refractivity contribution < 1.29 is 4.79 Å². The van der Waals surface area contributed by atoms with Crippen molar-refractivity contribution >= 4 is 33.3 Å². The largest absolute Gasteiger partial charge is 0.397 e. The van der Waals surface area contributed by atoms with E-state index in [-0.39, 0.29) is 6.03 Å². The number of aryl methyl sites for hydroxylation is 1. The van der Waals surface area contributed by atoms with Gasteiger partial charge in [-0.25, -0.2) is 4.79 Å². The molecule has 19 heavy (non-hydrogen) atoms. The number of carbonyl (C=O) groups excluding carboxylic acids is 1. The van der Waals surface area contributed by atoms with Gasteiger partial charge in [-0.05, 0) is 53.4 Å². The zero-order valence-electron chi connectivity index (χ0n) is 11.2. The molecule has 4 nitrogen and oxygen atoms in total. The summed E-state index contributed by atoms with van der Waals surface area (Å²) in [6.07, 6.45) is 4.58. The van der Waals surface area contributed by atoms with Gasteiger partial charge in [-0.3, -0.25) is 0 Å². The Labute approximate surface area is 122 Å². The van der Waals surface area contributed by atoms with Crippen LogP contribution in [0, 0.1) is 6.92 Å². The summed E-state index contributed by atoms with van der Waals surface area (Å²) in [6.45, 7) is 3.63. The van der Waals surface area contributed by atoms with Crippen LogP contribution >= 0.6 is 15.9 Å². The van der Waals surface area contributed by atoms with Crippen LogP contribution in [0.25, 0.3) is 0 Å². The first-order chi connectivity index (χ1) is 9.08. The van der Waals surface area contributed by atoms with E-state index in [1.807, 2.05) is 24.0 Å². The van der Waals surface area contributed by atoms with Crippen LogP contribution in [0.15, 0.2) is 16.6 Å². The van der Waals surface area contributed by atoms with Crippen LogP contribution in [0.5, 0.6) is 0 Å². The highest BCUT2D eigenvalue weighted by Crippen LogP contribution is 2.30. The highest BCUT2D eigenvalue weighted by Gasteiger charge is 2.17. The van der Waals surface area contributed by atoms with Crippen molar-refractivity contribution in [3.8, 4) is 0 Å². The number of anilines is 2. The molecule has 104 valence electrons. The van der Waals surface area contributed by atoms with Crippen LogP contribution in [0.2, 0.25) is 0 Å². The molecule has 0 saturated carbocycles. The molecule has 1 aromatic carbocycles. The Morgan fingerprint density at radius 2 is 1.89 bits per heavy atom. The van der Waals surface area contributed by atoms with E-state index >= 15 is 0 Å². The first-order valence-corrected chi connectivity index (χ1v) is 7.49. The molecule has 0 spiro atoms. The number of benzene rings is 1. The number of nitrogens with two attached hydrogens (primary N) is 1. The van der Waals surface area contributed by atoms with Gasteiger partial charge in [-0.2, -0.15) is 0 Å². The second-order valence-corrected chi connectivity index (χ2v) is 5.90. The number of likely N-dealkylation sites (tertiary alicyclic amines) is 1. The minimum Gasteiger partial charge on any atom is -0.397 e. The number of halogens is 1. The summed E-state index contributed by atoms with van der Waals surface area (Å²) in [4.78, 5) is 14.1. The fraction of sp³-hybridized carbons (Fsp3) is 0.500. The van der Waals surface area contributed by atoms with Crippen molar-refractivity contribution in [3.63, 3.8) is 0 Å². The van der Waals surface area contributed by atoms with E-state index in [0.717, 1.165) is 36.0 Å². The molecule has 1 aliphatic heterocycles. The third kappa shape index (κ3) is 3.62. The summed E-state index contributed by atoms with van der Waals surface area (Å²) < 4.78 is 0.827. The molecule has 1 saturated heterocycles. The average molecular weight is 326 g/mol. The Morgan fingerprint density at radius 1 is 1.26 bits per heavy atom. The average Bonchev–Trinajstić information content (AvgIpc) is 2.62. The number of nitrogens with one attached hydrogen (secondary N) is 1. The number of nitrogens with zero attached hydrogens (tertiary/aromatic N) is 1. The van der Waals surface area contributed by atoms with Gasteiger partial charge in [0.25, 0.3) is 0 Å². The molecule has 0 atom stereocenters. The standard InChI is InChI=1S/C14H20BrN3O/c1-10-8-11(15)13(12(16)9-10)17-14(19)18-6-4-2-3-5-7-18/h8-9H,2-7,16H2,1H3,(H,17,19). The van der Waals surface area contributed by atoms with E-state index in [9.17, 15) is 4.79 Å². The maximum Gasteiger partial charge on any atom is 0.321 e. The number of nitrogen functional groups attached to an aromatic ring is 1. The number of urea groups is 1. The van der Waals surface area contributed by atoms with E-state index < -0.39 is 0 Å². The maximum absolute atomic E-state index is 12.2. The molecule has 1 aromatic rings. The predicted octanol–water partition coefficient (Wildman–Crippen LogP) is 3.75. The van der Waals surface area contributed by atoms with E-state index in [1.54, 1.807) is 0 Å². The van der Waals surface area contributed by atoms with Crippen molar-refractivity contribution in [2.75, 3.05) is 24.1 Å². The molecule has 0 aromatic heterocycles. The van der Waals surface area contributed by atoms with E-state index in [2.05, 4.69) is 21.2 Å². The summed E-state index contributed by atoms with van der Waals surface area (Å²) in [5, 5.41) is 2.92. The first-order valence-electron chi connectivity index (χ1n) is 6.69. The smallest absolute Gasteiger partial charge is 0.321 e. The van der Waals surface area contributed by atoms with Crippen molar-refractivity contribution in [3.05, 3.63) is 22.2 Å². The minimum atomic E-state index is -0.0573. The second-order valence-electron chi connectivity index (χ2n) is 5.04. The number of carbonyl (C=O) groups is 1. The number of rotatable bonds is 1. The van der Waals surface area contributed by atoms with Gasteiger partial charge in [-0.1, -0.05) is 12.8 Å². The zero-order valence-corrected chi connectivity index (χ0v) is 12.8. The number of amides is 2. The molecular formula is C14H20BrN3O. The van der Waals surface area contributed by atoms with E-state index in [4.69, 9.17) is 5.73 Å². The quantitative estimate of drug-likeness (QED) is 0.772. The van der Waals surface area contributed by atoms with Gasteiger partial charge < -0.3 is 16.0 Å². The van der Waals surface area contributed by atoms with Crippen LogP contribution in [-0.2, 0) is 0 Å². The Morgan fingerprint density at radius 3 is 2.47 bits per heavy atom. The van der Waals surface area contributed by atoms with Crippen LogP contribution in [-0.4, -0.2) is 24.0 Å². The van der Waals surface area contributed by atoms with Gasteiger partial charge in [0.2, 0.25) is 0 Å². The lowest BCUT2D eigenvalue weighted by Gasteiger charge is -2.22. The second kappa shape index (κ2) is 6.28. The number of hydrogen-bond acceptors (Lipinski definition) is 2. The molecule has 1 aliphatic rings. The van der Waals surface area contributed by atoms with Gasteiger partial charge in [0.15, 0.2) is 0 Å².